The number of ketones is 1. The van der Waals surface area contributed by atoms with E-state index < -0.39 is 0 Å². The summed E-state index contributed by atoms with van der Waals surface area (Å²) < 4.78 is 0. The molecule has 0 N–H and O–H groups in total. The lowest BCUT2D eigenvalue weighted by atomic mass is 9.81. The lowest BCUT2D eigenvalue weighted by molar-refractivity contribution is 0.0635. The first-order valence-corrected chi connectivity index (χ1v) is 7.42. The average molecular weight is 280 g/mol. The van der Waals surface area contributed by atoms with E-state index in [2.05, 4.69) is 4.90 Å². The molecule has 0 heterocycles. The van der Waals surface area contributed by atoms with E-state index in [1.165, 1.54) is 12.8 Å². The van der Waals surface area contributed by atoms with Gasteiger partial charge in [-0.25, -0.2) is 0 Å². The summed E-state index contributed by atoms with van der Waals surface area (Å²) in [6.45, 7) is 0. The van der Waals surface area contributed by atoms with E-state index >= 15 is 0 Å². The molecule has 1 aromatic carbocycles. The van der Waals surface area contributed by atoms with Gasteiger partial charge >= 0.3 is 0 Å². The van der Waals surface area contributed by atoms with Crippen molar-refractivity contribution in [3.05, 3.63) is 34.9 Å². The Balaban J connectivity index is 2.32. The molecule has 0 unspecified atom stereocenters. The zero-order valence-electron chi connectivity index (χ0n) is 11.8. The molecular formula is C16H22ClNO. The summed E-state index contributed by atoms with van der Waals surface area (Å²) in [7, 11) is 4.05. The summed E-state index contributed by atoms with van der Waals surface area (Å²) in [6, 6.07) is 7.30. The van der Waals surface area contributed by atoms with Gasteiger partial charge in [-0.05, 0) is 51.2 Å². The minimum atomic E-state index is -0.329. The van der Waals surface area contributed by atoms with Gasteiger partial charge in [0.25, 0.3) is 0 Å². The predicted molar refractivity (Wildman–Crippen MR) is 79.9 cm³/mol. The molecule has 1 aliphatic carbocycles. The van der Waals surface area contributed by atoms with E-state index in [4.69, 9.17) is 11.6 Å². The number of halogens is 1. The number of carbonyl (C=O) groups excluding carboxylic acids is 1. The van der Waals surface area contributed by atoms with Gasteiger partial charge in [-0.1, -0.05) is 37.3 Å². The van der Waals surface area contributed by atoms with Gasteiger partial charge in [-0.15, -0.1) is 0 Å². The van der Waals surface area contributed by atoms with E-state index in [1.54, 1.807) is 12.1 Å². The van der Waals surface area contributed by atoms with Crippen LogP contribution in [0.15, 0.2) is 24.3 Å². The minimum absolute atomic E-state index is 0.246. The van der Waals surface area contributed by atoms with Crippen LogP contribution in [0.3, 0.4) is 0 Å². The van der Waals surface area contributed by atoms with Gasteiger partial charge in [0.1, 0.15) is 0 Å². The first-order chi connectivity index (χ1) is 9.06. The standard InChI is InChI=1S/C16H22ClNO/c1-18(2)16(11-5-3-4-6-12-16)15(19)13-7-9-14(17)10-8-13/h7-10H,3-6,11-12H2,1-2H3. The molecule has 1 aromatic rings. The molecular weight excluding hydrogens is 258 g/mol. The average Bonchev–Trinajstić information content (AvgIpc) is 2.65. The van der Waals surface area contributed by atoms with Crippen molar-refractivity contribution < 1.29 is 4.79 Å². The first-order valence-electron chi connectivity index (χ1n) is 7.04. The zero-order valence-corrected chi connectivity index (χ0v) is 12.5. The van der Waals surface area contributed by atoms with E-state index in [0.29, 0.717) is 5.02 Å². The van der Waals surface area contributed by atoms with E-state index in [-0.39, 0.29) is 11.3 Å². The molecule has 3 heteroatoms. The monoisotopic (exact) mass is 279 g/mol. The fourth-order valence-corrected chi connectivity index (χ4v) is 3.19. The maximum absolute atomic E-state index is 12.9. The molecule has 1 saturated carbocycles. The summed E-state index contributed by atoms with van der Waals surface area (Å²) in [5, 5.41) is 0.677. The Morgan fingerprint density at radius 3 is 2.05 bits per heavy atom. The van der Waals surface area contributed by atoms with E-state index in [0.717, 1.165) is 31.2 Å². The van der Waals surface area contributed by atoms with Crippen LogP contribution in [0.2, 0.25) is 5.02 Å². The number of benzene rings is 1. The predicted octanol–water partition coefficient (Wildman–Crippen LogP) is 4.18. The minimum Gasteiger partial charge on any atom is -0.297 e. The summed E-state index contributed by atoms with van der Waals surface area (Å²) in [6.07, 6.45) is 6.67. The largest absolute Gasteiger partial charge is 0.297 e. The first kappa shape index (κ1) is 14.5. The van der Waals surface area contributed by atoms with Crippen molar-refractivity contribution >= 4 is 17.4 Å². The normalized spacial score (nSPS) is 19.2. The Morgan fingerprint density at radius 2 is 1.58 bits per heavy atom. The summed E-state index contributed by atoms with van der Waals surface area (Å²) in [5.41, 5.74) is 0.449. The highest BCUT2D eigenvalue weighted by Gasteiger charge is 2.40. The van der Waals surface area contributed by atoms with Crippen molar-refractivity contribution in [1.29, 1.82) is 0 Å². The third kappa shape index (κ3) is 3.01. The Hall–Kier alpha value is -0.860. The fraction of sp³-hybridized carbons (Fsp3) is 0.562. The molecule has 104 valence electrons. The topological polar surface area (TPSA) is 20.3 Å². The molecule has 0 bridgehead atoms. The quantitative estimate of drug-likeness (QED) is 0.611. The van der Waals surface area contributed by atoms with Gasteiger partial charge in [-0.2, -0.15) is 0 Å². The molecule has 2 nitrogen and oxygen atoms in total. The molecule has 1 aliphatic rings. The molecule has 0 saturated heterocycles. The Labute approximate surface area is 120 Å². The SMILES string of the molecule is CN(C)C1(C(=O)c2ccc(Cl)cc2)CCCCCC1. The number of hydrogen-bond donors (Lipinski definition) is 0. The molecule has 0 spiro atoms. The maximum atomic E-state index is 12.9. The van der Waals surface area contributed by atoms with Crippen LogP contribution < -0.4 is 0 Å². The summed E-state index contributed by atoms with van der Waals surface area (Å²) in [4.78, 5) is 15.1. The molecule has 0 aromatic heterocycles. The Bertz CT molecular complexity index is 431. The molecule has 2 rings (SSSR count). The molecule has 0 atom stereocenters. The van der Waals surface area contributed by atoms with Crippen LogP contribution in [0.5, 0.6) is 0 Å². The highest BCUT2D eigenvalue weighted by atomic mass is 35.5. The lowest BCUT2D eigenvalue weighted by Gasteiger charge is -2.38. The number of hydrogen-bond acceptors (Lipinski definition) is 2. The van der Waals surface area contributed by atoms with Crippen molar-refractivity contribution in [2.24, 2.45) is 0 Å². The lowest BCUT2D eigenvalue weighted by Crippen LogP contribution is -2.50. The number of Topliss-reactive ketones (excluding diaryl/α,β-unsaturated/α-hetero) is 1. The van der Waals surface area contributed by atoms with Crippen LogP contribution in [0.1, 0.15) is 48.9 Å². The van der Waals surface area contributed by atoms with Gasteiger partial charge in [-0.3, -0.25) is 9.69 Å². The summed E-state index contributed by atoms with van der Waals surface area (Å²) in [5.74, 6) is 0.246. The summed E-state index contributed by atoms with van der Waals surface area (Å²) >= 11 is 5.90. The van der Waals surface area contributed by atoms with Gasteiger partial charge in [0.2, 0.25) is 0 Å². The smallest absolute Gasteiger partial charge is 0.183 e. The third-order valence-corrected chi connectivity index (χ3v) is 4.57. The second kappa shape index (κ2) is 6.06. The highest BCUT2D eigenvalue weighted by molar-refractivity contribution is 6.30. The fourth-order valence-electron chi connectivity index (χ4n) is 3.06. The number of rotatable bonds is 3. The zero-order chi connectivity index (χ0) is 13.9. The van der Waals surface area contributed by atoms with Gasteiger partial charge in [0.15, 0.2) is 5.78 Å². The Morgan fingerprint density at radius 1 is 1.05 bits per heavy atom. The number of nitrogens with zero attached hydrogens (tertiary/aromatic N) is 1. The molecule has 0 amide bonds. The van der Waals surface area contributed by atoms with Crippen LogP contribution in [0, 0.1) is 0 Å². The van der Waals surface area contributed by atoms with Crippen LogP contribution in [-0.2, 0) is 0 Å². The number of carbonyl (C=O) groups is 1. The van der Waals surface area contributed by atoms with Crippen molar-refractivity contribution in [2.75, 3.05) is 14.1 Å². The van der Waals surface area contributed by atoms with Gasteiger partial charge in [0.05, 0.1) is 5.54 Å². The maximum Gasteiger partial charge on any atom is 0.183 e. The molecule has 0 radical (unpaired) electrons. The highest BCUT2D eigenvalue weighted by Crippen LogP contribution is 2.34. The van der Waals surface area contributed by atoms with Crippen molar-refractivity contribution in [3.63, 3.8) is 0 Å². The van der Waals surface area contributed by atoms with Gasteiger partial charge in [0, 0.05) is 10.6 Å². The second-order valence-electron chi connectivity index (χ2n) is 5.68. The Kier molecular flexibility index (Phi) is 4.64. The van der Waals surface area contributed by atoms with Gasteiger partial charge < -0.3 is 0 Å². The van der Waals surface area contributed by atoms with Crippen LogP contribution in [0.4, 0.5) is 0 Å². The molecule has 1 fully saturated rings. The third-order valence-electron chi connectivity index (χ3n) is 4.32. The second-order valence-corrected chi connectivity index (χ2v) is 6.11. The van der Waals surface area contributed by atoms with Crippen LogP contribution in [-0.4, -0.2) is 30.3 Å². The van der Waals surface area contributed by atoms with Crippen LogP contribution >= 0.6 is 11.6 Å². The number of likely N-dealkylation sites (N-methyl/N-ethyl adjacent to an activating group) is 1. The molecule has 19 heavy (non-hydrogen) atoms. The molecule has 0 aliphatic heterocycles. The van der Waals surface area contributed by atoms with Crippen molar-refractivity contribution in [2.45, 2.75) is 44.1 Å². The van der Waals surface area contributed by atoms with Crippen LogP contribution in [0.25, 0.3) is 0 Å². The van der Waals surface area contributed by atoms with Crippen molar-refractivity contribution in [3.8, 4) is 0 Å². The van der Waals surface area contributed by atoms with E-state index in [9.17, 15) is 4.79 Å². The van der Waals surface area contributed by atoms with E-state index in [1.807, 2.05) is 26.2 Å². The van der Waals surface area contributed by atoms with Crippen molar-refractivity contribution in [1.82, 2.24) is 4.90 Å².